The van der Waals surface area contributed by atoms with Crippen LogP contribution in [0.5, 0.6) is 0 Å². The molecule has 4 rings (SSSR count). The Labute approximate surface area is 189 Å². The number of hydrogen-bond donors (Lipinski definition) is 5. The van der Waals surface area contributed by atoms with Gasteiger partial charge in [-0.2, -0.15) is 18.2 Å². The molecule has 1 saturated heterocycles. The van der Waals surface area contributed by atoms with E-state index in [1.165, 1.54) is 11.8 Å². The molecule has 15 heteroatoms. The molecular formula is C19H22F4N6O5. The average molecular weight is 490 g/mol. The van der Waals surface area contributed by atoms with Gasteiger partial charge in [-0.3, -0.25) is 5.21 Å². The molecule has 34 heavy (non-hydrogen) atoms. The average Bonchev–Trinajstić information content (AvgIpc) is 3.14. The number of carbonyl (C=O) groups excluding carboxylic acids is 1. The highest BCUT2D eigenvalue weighted by atomic mass is 19.4. The molecule has 186 valence electrons. The molecule has 0 aliphatic carbocycles. The van der Waals surface area contributed by atoms with E-state index >= 15 is 0 Å². The summed E-state index contributed by atoms with van der Waals surface area (Å²) in [6, 6.07) is -1.46. The molecule has 0 bridgehead atoms. The van der Waals surface area contributed by atoms with E-state index in [-0.39, 0.29) is 24.1 Å². The molecule has 7 N–H and O–H groups in total. The van der Waals surface area contributed by atoms with E-state index in [2.05, 4.69) is 9.98 Å². The van der Waals surface area contributed by atoms with Gasteiger partial charge in [0, 0.05) is 0 Å². The van der Waals surface area contributed by atoms with Crippen molar-refractivity contribution in [2.24, 2.45) is 21.5 Å². The highest BCUT2D eigenvalue weighted by Crippen LogP contribution is 2.50. The van der Waals surface area contributed by atoms with E-state index in [1.54, 1.807) is 0 Å². The van der Waals surface area contributed by atoms with Gasteiger partial charge < -0.3 is 31.3 Å². The van der Waals surface area contributed by atoms with Crippen LogP contribution in [0.2, 0.25) is 0 Å². The van der Waals surface area contributed by atoms with Crippen molar-refractivity contribution >= 4 is 17.9 Å². The van der Waals surface area contributed by atoms with Crippen LogP contribution in [0, 0.1) is 12.7 Å². The Kier molecular flexibility index (Phi) is 5.23. The number of carbonyl (C=O) groups is 1. The first-order valence-electron chi connectivity index (χ1n) is 10.0. The summed E-state index contributed by atoms with van der Waals surface area (Å²) in [5, 5.41) is 32.5. The maximum absolute atomic E-state index is 14.2. The lowest BCUT2D eigenvalue weighted by Crippen LogP contribution is -2.76. The minimum absolute atomic E-state index is 0.237. The number of ether oxygens (including phenoxy) is 1. The predicted molar refractivity (Wildman–Crippen MR) is 107 cm³/mol. The van der Waals surface area contributed by atoms with E-state index in [0.717, 1.165) is 6.92 Å². The highest BCUT2D eigenvalue weighted by molar-refractivity contribution is 5.92. The van der Waals surface area contributed by atoms with Gasteiger partial charge in [-0.15, -0.1) is 0 Å². The van der Waals surface area contributed by atoms with E-state index in [0.29, 0.717) is 11.1 Å². The van der Waals surface area contributed by atoms with E-state index < -0.39 is 71.1 Å². The van der Waals surface area contributed by atoms with Gasteiger partial charge in [-0.05, 0) is 31.5 Å². The first-order chi connectivity index (χ1) is 15.7. The van der Waals surface area contributed by atoms with Gasteiger partial charge in [-0.25, -0.2) is 19.2 Å². The van der Waals surface area contributed by atoms with Gasteiger partial charge >= 0.3 is 12.1 Å². The summed E-state index contributed by atoms with van der Waals surface area (Å²) < 4.78 is 58.9. The van der Waals surface area contributed by atoms with Gasteiger partial charge in [0.1, 0.15) is 23.5 Å². The van der Waals surface area contributed by atoms with Crippen molar-refractivity contribution < 1.29 is 42.5 Å². The fraction of sp³-hybridized carbons (Fsp3) is 0.526. The Bertz CT molecular complexity index is 1110. The summed E-state index contributed by atoms with van der Waals surface area (Å²) >= 11 is 0. The lowest BCUT2D eigenvalue weighted by molar-refractivity contribution is -0.228. The number of aliphatic hydroxyl groups excluding tert-OH is 1. The summed E-state index contributed by atoms with van der Waals surface area (Å²) in [5.41, 5.74) is 5.13. The minimum Gasteiger partial charge on any atom is -0.454 e. The number of aliphatic hydroxyl groups is 2. The topological polar surface area (TPSA) is 170 Å². The van der Waals surface area contributed by atoms with Crippen LogP contribution >= 0.6 is 0 Å². The Morgan fingerprint density at radius 1 is 1.29 bits per heavy atom. The number of guanidine groups is 2. The second-order valence-corrected chi connectivity index (χ2v) is 8.49. The highest BCUT2D eigenvalue weighted by Gasteiger charge is 2.75. The number of nitrogens with zero attached hydrogens (tertiary/aromatic N) is 4. The van der Waals surface area contributed by atoms with E-state index in [1.807, 2.05) is 0 Å². The first-order valence-corrected chi connectivity index (χ1v) is 10.0. The van der Waals surface area contributed by atoms with Gasteiger partial charge in [0.15, 0.2) is 12.1 Å². The maximum Gasteiger partial charge on any atom is 0.416 e. The monoisotopic (exact) mass is 490 g/mol. The van der Waals surface area contributed by atoms with Gasteiger partial charge in [0.25, 0.3) is 0 Å². The van der Waals surface area contributed by atoms with E-state index in [4.69, 9.17) is 16.2 Å². The normalized spacial score (nSPS) is 32.8. The molecular weight excluding hydrogens is 468 g/mol. The van der Waals surface area contributed by atoms with Crippen LogP contribution in [0.1, 0.15) is 28.4 Å². The molecule has 0 radical (unpaired) electrons. The second kappa shape index (κ2) is 7.41. The molecule has 3 aliphatic heterocycles. The third kappa shape index (κ3) is 3.03. The Morgan fingerprint density at radius 2 is 1.94 bits per heavy atom. The molecule has 5 atom stereocenters. The Balaban J connectivity index is 1.74. The molecule has 3 heterocycles. The molecule has 1 spiro atoms. The smallest absolute Gasteiger partial charge is 0.416 e. The lowest BCUT2D eigenvalue weighted by Gasteiger charge is -2.51. The molecule has 1 aromatic carbocycles. The van der Waals surface area contributed by atoms with Crippen LogP contribution < -0.4 is 11.5 Å². The van der Waals surface area contributed by atoms with Crippen molar-refractivity contribution in [1.82, 2.24) is 9.96 Å². The van der Waals surface area contributed by atoms with Crippen LogP contribution in [-0.4, -0.2) is 85.9 Å². The van der Waals surface area contributed by atoms with Crippen molar-refractivity contribution in [3.05, 3.63) is 34.6 Å². The third-order valence-electron chi connectivity index (χ3n) is 6.62. The number of esters is 1. The predicted octanol–water partition coefficient (Wildman–Crippen LogP) is -0.481. The van der Waals surface area contributed by atoms with Crippen molar-refractivity contribution in [3.8, 4) is 0 Å². The zero-order chi connectivity index (χ0) is 25.4. The summed E-state index contributed by atoms with van der Waals surface area (Å²) in [4.78, 5) is 22.2. The summed E-state index contributed by atoms with van der Waals surface area (Å²) in [5.74, 6) is -3.27. The van der Waals surface area contributed by atoms with Gasteiger partial charge in [0.2, 0.25) is 11.6 Å². The quantitative estimate of drug-likeness (QED) is 0.277. The van der Waals surface area contributed by atoms with Crippen molar-refractivity contribution in [2.75, 3.05) is 13.2 Å². The minimum atomic E-state index is -4.92. The molecule has 1 aromatic rings. The third-order valence-corrected chi connectivity index (χ3v) is 6.62. The van der Waals surface area contributed by atoms with Crippen molar-refractivity contribution in [1.29, 1.82) is 0 Å². The SMILES string of the molecule is Cc1c(F)cc(C(F)(F)F)cc1C(=O)OC1CN2C(N)=NC(CO)C3N=C(N)N(O)C32C1(C)O. The molecule has 0 saturated carbocycles. The van der Waals surface area contributed by atoms with Crippen LogP contribution in [0.25, 0.3) is 0 Å². The van der Waals surface area contributed by atoms with Crippen molar-refractivity contribution in [3.63, 3.8) is 0 Å². The number of hydroxylamine groups is 2. The van der Waals surface area contributed by atoms with Crippen LogP contribution in [-0.2, 0) is 10.9 Å². The number of rotatable bonds is 3. The molecule has 1 fully saturated rings. The molecule has 11 nitrogen and oxygen atoms in total. The second-order valence-electron chi connectivity index (χ2n) is 8.49. The number of hydrogen-bond acceptors (Lipinski definition) is 11. The molecule has 0 amide bonds. The summed E-state index contributed by atoms with van der Waals surface area (Å²) in [6.07, 6.45) is -6.43. The summed E-state index contributed by atoms with van der Waals surface area (Å²) in [7, 11) is 0. The zero-order valence-electron chi connectivity index (χ0n) is 17.9. The van der Waals surface area contributed by atoms with Crippen LogP contribution in [0.4, 0.5) is 17.6 Å². The van der Waals surface area contributed by atoms with Crippen molar-refractivity contribution in [2.45, 2.75) is 49.5 Å². The Hall–Kier alpha value is -3.17. The number of halogens is 4. The van der Waals surface area contributed by atoms with Gasteiger partial charge in [0.05, 0.1) is 24.3 Å². The first kappa shape index (κ1) is 24.0. The van der Waals surface area contributed by atoms with Crippen LogP contribution in [0.3, 0.4) is 0 Å². The number of aliphatic imine (C=N–C) groups is 2. The molecule has 5 unspecified atom stereocenters. The largest absolute Gasteiger partial charge is 0.454 e. The number of benzene rings is 1. The number of alkyl halides is 3. The fourth-order valence-corrected chi connectivity index (χ4v) is 4.84. The Morgan fingerprint density at radius 3 is 2.53 bits per heavy atom. The lowest BCUT2D eigenvalue weighted by atomic mass is 9.79. The van der Waals surface area contributed by atoms with E-state index in [9.17, 15) is 37.8 Å². The zero-order valence-corrected chi connectivity index (χ0v) is 17.9. The van der Waals surface area contributed by atoms with Crippen LogP contribution in [0.15, 0.2) is 22.1 Å². The fourth-order valence-electron chi connectivity index (χ4n) is 4.84. The number of nitrogens with two attached hydrogens (primary N) is 2. The standard InChI is InChI=1S/C19H22F4N6O5/c1-7-9(3-8(4-10(7)20)19(21,22)23)14(31)34-12-5-28-15(24)26-11(6-30)13-18(28,17(12,2)32)29(33)16(25)27-13/h3-4,11-13,30,32-33H,5-6H2,1-2H3,(H2,24,26)(H2,25,27). The van der Waals surface area contributed by atoms with Gasteiger partial charge in [-0.1, -0.05) is 0 Å². The maximum atomic E-state index is 14.2. The summed E-state index contributed by atoms with van der Waals surface area (Å²) in [6.45, 7) is 1.34. The molecule has 0 aromatic heterocycles. The molecule has 3 aliphatic rings.